The minimum atomic E-state index is -4.55. The molecule has 0 saturated carbocycles. The van der Waals surface area contributed by atoms with Crippen molar-refractivity contribution < 1.29 is 40.7 Å². The van der Waals surface area contributed by atoms with Crippen molar-refractivity contribution in [2.45, 2.75) is 44.7 Å². The highest BCUT2D eigenvalue weighted by atomic mass is 32.2. The molecule has 0 bridgehead atoms. The fraction of sp³-hybridized carbons (Fsp3) is 0.158. The number of nitrogens with zero attached hydrogens (tertiary/aromatic N) is 8. The van der Waals surface area contributed by atoms with Crippen molar-refractivity contribution >= 4 is 101 Å². The number of aromatic nitrogens is 6. The molecule has 97 heavy (non-hydrogen) atoms. The number of ether oxygens (including phenoxy) is 2. The van der Waals surface area contributed by atoms with Gasteiger partial charge in [-0.2, -0.15) is 18.4 Å². The molecule has 0 aliphatic rings. The molecule has 1 amide bonds. The highest BCUT2D eigenvalue weighted by Crippen LogP contribution is 2.39. The number of nitrogens with one attached hydrogen (secondary N) is 1. The Bertz CT molecular complexity index is 5040. The average molecular weight is 1310 g/mol. The van der Waals surface area contributed by atoms with Crippen LogP contribution in [0.25, 0.3) is 71.5 Å². The number of ketones is 1. The topological polar surface area (TPSA) is 188 Å². The van der Waals surface area contributed by atoms with Crippen molar-refractivity contribution in [3.63, 3.8) is 0 Å². The van der Waals surface area contributed by atoms with E-state index >= 15 is 0 Å². The predicted octanol–water partition coefficient (Wildman–Crippen LogP) is 10.2. The van der Waals surface area contributed by atoms with Crippen LogP contribution in [0.1, 0.15) is 49.9 Å². The van der Waals surface area contributed by atoms with Gasteiger partial charge < -0.3 is 23.7 Å². The van der Waals surface area contributed by atoms with E-state index < -0.39 is 47.9 Å². The van der Waals surface area contributed by atoms with Crippen LogP contribution in [0.5, 0.6) is 11.5 Å². The molecule has 15 nitrogen and oxygen atoms in total. The maximum atomic E-state index is 13.0. The number of rotatable bonds is 25. The molecule has 480 valence electrons. The summed E-state index contributed by atoms with van der Waals surface area (Å²) in [6.45, 7) is 7.04. The third-order valence-electron chi connectivity index (χ3n) is 16.5. The normalized spacial score (nSPS) is 12.2. The largest absolute Gasteiger partial charge is 0.494 e. The lowest BCUT2D eigenvalue weighted by atomic mass is 9.50. The van der Waals surface area contributed by atoms with E-state index in [1.807, 2.05) is 218 Å². The molecule has 0 aliphatic heterocycles. The standard InChI is InChI=1S/C76H62B2F3N9O6S/c1-83-71(67-49-85-63-39-16-18-41-65(63)88-67)75-70-69(72(90(75)78(56-31-11-5-12-32-56)57-33-13-6-14-34-57)52-25-23-36-59(45-52)96-44-22-20-42-68(92)86-51-76(79,80)81)74(61(47-82)66-48-84-62-38-15-17-40-64(62)87-66)89(77(54-27-7-3-8-28-54)55-29-9-4-10-30-55)73(70)53-26-24-37-60(46-53)95-43-21-19-35-58(91)50-97(2,93)94/h3-18,23-34,36-41,45-46,48-49H,19-22,35,42-44,50-51H2,2H3,(H,86,92)/b74-61-,75-71+. The number of hydrogen-bond acceptors (Lipinski definition) is 11. The lowest BCUT2D eigenvalue weighted by molar-refractivity contribution is -0.138. The van der Waals surface area contributed by atoms with Crippen LogP contribution >= 0.6 is 0 Å². The van der Waals surface area contributed by atoms with E-state index in [0.717, 1.165) is 28.1 Å². The van der Waals surface area contributed by atoms with Gasteiger partial charge in [-0.05, 0) is 74.2 Å². The van der Waals surface area contributed by atoms with E-state index in [4.69, 9.17) is 29.4 Å². The first-order chi connectivity index (χ1) is 47.1. The van der Waals surface area contributed by atoms with Crippen LogP contribution in [0.15, 0.2) is 231 Å². The lowest BCUT2D eigenvalue weighted by Crippen LogP contribution is -2.54. The summed E-state index contributed by atoms with van der Waals surface area (Å²) in [6.07, 6.45) is 1.02. The first kappa shape index (κ1) is 65.6. The van der Waals surface area contributed by atoms with Crippen LogP contribution in [-0.2, 0) is 19.4 Å². The van der Waals surface area contributed by atoms with E-state index in [9.17, 15) is 43.0 Å². The van der Waals surface area contributed by atoms with Gasteiger partial charge in [0.1, 0.15) is 46.9 Å². The Morgan fingerprint density at radius 3 is 1.44 bits per heavy atom. The fourth-order valence-corrected chi connectivity index (χ4v) is 13.1. The van der Waals surface area contributed by atoms with Crippen molar-refractivity contribution in [3.05, 3.63) is 264 Å². The molecular formula is C76H62B2F3N9O6S. The predicted molar refractivity (Wildman–Crippen MR) is 375 cm³/mol. The highest BCUT2D eigenvalue weighted by Gasteiger charge is 2.38. The molecule has 1 N–H and O–H groups in total. The summed E-state index contributed by atoms with van der Waals surface area (Å²) in [5.74, 6) is -0.772. The smallest absolute Gasteiger partial charge is 0.405 e. The number of hydrogen-bond donors (Lipinski definition) is 1. The Morgan fingerprint density at radius 1 is 0.567 bits per heavy atom. The van der Waals surface area contributed by atoms with Gasteiger partial charge in [-0.25, -0.2) is 18.2 Å². The molecule has 0 saturated heterocycles. The Labute approximate surface area is 559 Å². The van der Waals surface area contributed by atoms with Crippen molar-refractivity contribution in [3.8, 4) is 40.1 Å². The Balaban J connectivity index is 1.26. The van der Waals surface area contributed by atoms with Crippen LogP contribution in [0.2, 0.25) is 0 Å². The third kappa shape index (κ3) is 15.1. The second-order valence-electron chi connectivity index (χ2n) is 23.4. The summed E-state index contributed by atoms with van der Waals surface area (Å²) in [6, 6.07) is 72.4. The molecule has 12 aromatic rings. The number of nitriles is 1. The number of amides is 1. The molecule has 0 radical (unpaired) electrons. The summed E-state index contributed by atoms with van der Waals surface area (Å²) in [7, 11) is -3.50. The van der Waals surface area contributed by atoms with Gasteiger partial charge in [0.05, 0.1) is 59.1 Å². The number of benzene rings is 8. The molecule has 0 unspecified atom stereocenters. The van der Waals surface area contributed by atoms with Crippen LogP contribution in [0, 0.1) is 17.9 Å². The minimum Gasteiger partial charge on any atom is -0.494 e. The highest BCUT2D eigenvalue weighted by molar-refractivity contribution is 7.91. The van der Waals surface area contributed by atoms with Crippen LogP contribution < -0.4 is 47.3 Å². The number of Topliss-reactive ketones (excluding diaryl/α,β-unsaturated/α-hetero) is 1. The molecule has 0 spiro atoms. The SMILES string of the molecule is [C-]#[N+]/C(c1cnc2ccccc2n1)=c1\c2c(-c3cccc(OCCCCC(=O)CS(C)(=O)=O)c3)n(B(c3ccccc3)c3ccccc3)/c(=C(/C#N)c3cnc4ccccc4n3)c2c(-c2cccc(OCCCCC(=O)NCC(F)(F)F)c2)n1B(c1ccccc1)c1ccccc1. The molecule has 12 rings (SSSR count). The molecule has 0 atom stereocenters. The van der Waals surface area contributed by atoms with Gasteiger partial charge in [-0.1, -0.05) is 192 Å². The maximum absolute atomic E-state index is 13.0. The van der Waals surface area contributed by atoms with Gasteiger partial charge in [0.15, 0.2) is 9.84 Å². The summed E-state index contributed by atoms with van der Waals surface area (Å²) in [5, 5.41) is 16.3. The Hall–Kier alpha value is -11.4. The maximum Gasteiger partial charge on any atom is 0.405 e. The van der Waals surface area contributed by atoms with Gasteiger partial charge in [0.2, 0.25) is 11.6 Å². The summed E-state index contributed by atoms with van der Waals surface area (Å²) < 4.78 is 80.5. The van der Waals surface area contributed by atoms with Crippen LogP contribution in [0.4, 0.5) is 13.2 Å². The molecule has 0 aliphatic carbocycles. The minimum absolute atomic E-state index is 0.0625. The molecular weight excluding hydrogens is 1250 g/mol. The number of halogens is 3. The van der Waals surface area contributed by atoms with Gasteiger partial charge in [-0.15, -0.1) is 0 Å². The monoisotopic (exact) mass is 1310 g/mol. The summed E-state index contributed by atoms with van der Waals surface area (Å²) in [4.78, 5) is 50.2. The summed E-state index contributed by atoms with van der Waals surface area (Å²) in [5.41, 5.74) is 8.64. The number of unbranched alkanes of at least 4 members (excludes halogenated alkanes) is 2. The van der Waals surface area contributed by atoms with Crippen molar-refractivity contribution in [2.75, 3.05) is 31.8 Å². The van der Waals surface area contributed by atoms with Crippen LogP contribution in [0.3, 0.4) is 0 Å². The first-order valence-electron chi connectivity index (χ1n) is 31.6. The second kappa shape index (κ2) is 29.5. The number of carbonyl (C=O) groups is 2. The Morgan fingerprint density at radius 2 is 0.990 bits per heavy atom. The average Bonchev–Trinajstić information content (AvgIpc) is 1.52. The first-order valence-corrected chi connectivity index (χ1v) is 33.7. The van der Waals surface area contributed by atoms with Crippen LogP contribution in [-0.4, -0.2) is 101 Å². The molecule has 4 aromatic heterocycles. The molecule has 0 fully saturated rings. The molecule has 8 aromatic carbocycles. The van der Waals surface area contributed by atoms with Gasteiger partial charge in [-0.3, -0.25) is 24.5 Å². The van der Waals surface area contributed by atoms with E-state index in [1.54, 1.807) is 18.5 Å². The van der Waals surface area contributed by atoms with Crippen molar-refractivity contribution in [1.29, 1.82) is 5.26 Å². The number of alkyl halides is 3. The zero-order valence-corrected chi connectivity index (χ0v) is 53.6. The summed E-state index contributed by atoms with van der Waals surface area (Å²) >= 11 is 0. The van der Waals surface area contributed by atoms with Gasteiger partial charge in [0, 0.05) is 63.9 Å². The molecule has 4 heterocycles. The van der Waals surface area contributed by atoms with Gasteiger partial charge >= 0.3 is 19.9 Å². The van der Waals surface area contributed by atoms with E-state index in [1.165, 1.54) is 0 Å². The fourth-order valence-electron chi connectivity index (χ4n) is 12.4. The number of sulfone groups is 1. The van der Waals surface area contributed by atoms with E-state index in [-0.39, 0.29) is 60.9 Å². The number of para-hydroxylation sites is 4. The van der Waals surface area contributed by atoms with Crippen molar-refractivity contribution in [2.24, 2.45) is 0 Å². The quantitative estimate of drug-likeness (QED) is 0.0326. The lowest BCUT2D eigenvalue weighted by Gasteiger charge is -2.25. The van der Waals surface area contributed by atoms with Crippen molar-refractivity contribution in [1.82, 2.24) is 34.2 Å². The van der Waals surface area contributed by atoms with E-state index in [2.05, 4.69) is 19.9 Å². The second-order valence-corrected chi connectivity index (χ2v) is 25.6. The Kier molecular flexibility index (Phi) is 20.0. The number of carbonyl (C=O) groups excluding carboxylic acids is 2. The number of fused-ring (bicyclic) bond motifs is 3. The third-order valence-corrected chi connectivity index (χ3v) is 17.4. The zero-order chi connectivity index (χ0) is 67.5. The molecule has 21 heteroatoms. The zero-order valence-electron chi connectivity index (χ0n) is 52.7. The van der Waals surface area contributed by atoms with E-state index in [0.29, 0.717) is 96.8 Å². The van der Waals surface area contributed by atoms with Gasteiger partial charge in [0.25, 0.3) is 0 Å².